The number of aliphatic carboxylic acids is 1. The van der Waals surface area contributed by atoms with Gasteiger partial charge < -0.3 is 24.7 Å². The first kappa shape index (κ1) is 16.5. The summed E-state index contributed by atoms with van der Waals surface area (Å²) in [5.41, 5.74) is 0. The highest BCUT2D eigenvalue weighted by Crippen LogP contribution is 2.36. The summed E-state index contributed by atoms with van der Waals surface area (Å²) < 4.78 is 16.0. The van der Waals surface area contributed by atoms with E-state index in [1.165, 1.54) is 0 Å². The van der Waals surface area contributed by atoms with E-state index in [-0.39, 0.29) is 13.2 Å². The molecule has 0 aliphatic rings. The molecule has 0 aliphatic carbocycles. The Morgan fingerprint density at radius 3 is 2.41 bits per heavy atom. The Bertz CT molecular complexity index is 279. The highest BCUT2D eigenvalue weighted by atomic mass is 31.2. The first-order chi connectivity index (χ1) is 7.80. The molecule has 0 aromatic rings. The molecule has 0 bridgehead atoms. The van der Waals surface area contributed by atoms with Crippen molar-refractivity contribution in [1.82, 2.24) is 4.90 Å². The molecule has 0 saturated carbocycles. The van der Waals surface area contributed by atoms with E-state index in [0.717, 1.165) is 4.90 Å². The van der Waals surface area contributed by atoms with Crippen LogP contribution in [-0.2, 0) is 14.1 Å². The van der Waals surface area contributed by atoms with Gasteiger partial charge >= 0.3 is 13.6 Å². The number of hydrogen-bond acceptors (Lipinski definition) is 5. The van der Waals surface area contributed by atoms with Gasteiger partial charge in [0.2, 0.25) is 0 Å². The maximum Gasteiger partial charge on any atom is 0.339 e. The van der Waals surface area contributed by atoms with Gasteiger partial charge in [0.1, 0.15) is 12.5 Å². The largest absolute Gasteiger partial charge is 0.480 e. The van der Waals surface area contributed by atoms with Gasteiger partial charge in [-0.1, -0.05) is 6.92 Å². The van der Waals surface area contributed by atoms with Crippen LogP contribution in [0.4, 0.5) is 0 Å². The van der Waals surface area contributed by atoms with E-state index in [2.05, 4.69) is 0 Å². The molecular formula is C8H18NO7P. The predicted molar refractivity (Wildman–Crippen MR) is 58.4 cm³/mol. The van der Waals surface area contributed by atoms with E-state index >= 15 is 0 Å². The zero-order chi connectivity index (χ0) is 13.5. The second kappa shape index (κ2) is 7.75. The zero-order valence-corrected chi connectivity index (χ0v) is 10.4. The van der Waals surface area contributed by atoms with Crippen molar-refractivity contribution < 1.29 is 34.1 Å². The number of carboxylic acids is 1. The predicted octanol–water partition coefficient (Wildman–Crippen LogP) is -0.747. The molecule has 9 heteroatoms. The third kappa shape index (κ3) is 8.25. The molecule has 1 unspecified atom stereocenters. The lowest BCUT2D eigenvalue weighted by atomic mass is 10.3. The maximum atomic E-state index is 10.9. The van der Waals surface area contributed by atoms with E-state index in [0.29, 0.717) is 6.42 Å². The highest BCUT2D eigenvalue weighted by Gasteiger charge is 2.27. The number of aliphatic hydroxyl groups excluding tert-OH is 1. The lowest BCUT2D eigenvalue weighted by molar-refractivity contribution is -0.143. The molecule has 0 rings (SSSR count). The van der Waals surface area contributed by atoms with E-state index in [4.69, 9.17) is 24.7 Å². The van der Waals surface area contributed by atoms with Crippen LogP contribution in [0, 0.1) is 0 Å². The average molecular weight is 271 g/mol. The van der Waals surface area contributed by atoms with Gasteiger partial charge in [0.25, 0.3) is 0 Å². The second-order valence-corrected chi connectivity index (χ2v) is 5.02. The van der Waals surface area contributed by atoms with E-state index in [9.17, 15) is 9.36 Å². The first-order valence-corrected chi connectivity index (χ1v) is 6.82. The summed E-state index contributed by atoms with van der Waals surface area (Å²) in [6, 6.07) is 0. The summed E-state index contributed by atoms with van der Waals surface area (Å²) in [6.45, 7) is 0.898. The summed E-state index contributed by atoms with van der Waals surface area (Å²) in [5.74, 6) is -1.20. The Morgan fingerprint density at radius 1 is 1.47 bits per heavy atom. The Hall–Kier alpha value is -0.500. The van der Waals surface area contributed by atoms with Crippen molar-refractivity contribution in [2.75, 3.05) is 26.0 Å². The Morgan fingerprint density at radius 2 is 2.06 bits per heavy atom. The number of hydrogen-bond donors (Lipinski definition) is 4. The summed E-state index contributed by atoms with van der Waals surface area (Å²) in [4.78, 5) is 29.3. The van der Waals surface area contributed by atoms with Gasteiger partial charge in [-0.05, 0) is 6.42 Å². The Labute approximate surface area is 99.0 Å². The van der Waals surface area contributed by atoms with E-state index < -0.39 is 32.6 Å². The fourth-order valence-corrected chi connectivity index (χ4v) is 2.08. The van der Waals surface area contributed by atoms with Gasteiger partial charge in [0, 0.05) is 0 Å². The molecule has 0 aromatic heterocycles. The fraction of sp³-hybridized carbons (Fsp3) is 0.875. The first-order valence-electron chi connectivity index (χ1n) is 5.03. The number of rotatable bonds is 9. The number of ether oxygens (including phenoxy) is 1. The molecule has 0 aliphatic heterocycles. The molecule has 8 nitrogen and oxygen atoms in total. The van der Waals surface area contributed by atoms with Crippen LogP contribution in [0.5, 0.6) is 0 Å². The maximum absolute atomic E-state index is 10.9. The molecule has 0 aromatic carbocycles. The van der Waals surface area contributed by atoms with Gasteiger partial charge in [-0.15, -0.1) is 0 Å². The summed E-state index contributed by atoms with van der Waals surface area (Å²) in [6.07, 6.45) is -1.08. The van der Waals surface area contributed by atoms with Crippen LogP contribution in [0.15, 0.2) is 0 Å². The van der Waals surface area contributed by atoms with Crippen molar-refractivity contribution in [2.45, 2.75) is 19.6 Å². The van der Waals surface area contributed by atoms with Crippen molar-refractivity contribution in [3.8, 4) is 0 Å². The standard InChI is InChI=1S/C8H18NO7P/c1-2-7(16-4-3-10)9(5-8(11)12)6-17(13,14)15/h7,10H,2-6H2,1H3,(H,11,12)(H2,13,14,15). The zero-order valence-electron chi connectivity index (χ0n) is 9.52. The molecule has 0 radical (unpaired) electrons. The molecule has 1 atom stereocenters. The minimum Gasteiger partial charge on any atom is -0.480 e. The minimum atomic E-state index is -4.36. The molecular weight excluding hydrogens is 253 g/mol. The van der Waals surface area contributed by atoms with Gasteiger partial charge in [-0.2, -0.15) is 0 Å². The van der Waals surface area contributed by atoms with Crippen LogP contribution < -0.4 is 0 Å². The van der Waals surface area contributed by atoms with Crippen LogP contribution >= 0.6 is 7.60 Å². The van der Waals surface area contributed by atoms with Crippen LogP contribution in [0.3, 0.4) is 0 Å². The van der Waals surface area contributed by atoms with Crippen LogP contribution in [0.1, 0.15) is 13.3 Å². The van der Waals surface area contributed by atoms with Gasteiger partial charge in [-0.3, -0.25) is 14.3 Å². The molecule has 0 heterocycles. The van der Waals surface area contributed by atoms with E-state index in [1.54, 1.807) is 6.92 Å². The quantitative estimate of drug-likeness (QED) is 0.319. The van der Waals surface area contributed by atoms with Crippen molar-refractivity contribution in [1.29, 1.82) is 0 Å². The van der Waals surface area contributed by atoms with Gasteiger partial charge in [0.15, 0.2) is 0 Å². The SMILES string of the molecule is CCC(OCCO)N(CC(=O)O)CP(=O)(O)O. The third-order valence-electron chi connectivity index (χ3n) is 1.86. The van der Waals surface area contributed by atoms with Crippen LogP contribution in [0.25, 0.3) is 0 Å². The number of carbonyl (C=O) groups is 1. The number of aliphatic hydroxyl groups is 1. The van der Waals surface area contributed by atoms with Crippen molar-refractivity contribution in [3.63, 3.8) is 0 Å². The van der Waals surface area contributed by atoms with Gasteiger partial charge in [0.05, 0.1) is 19.8 Å². The molecule has 102 valence electrons. The smallest absolute Gasteiger partial charge is 0.339 e. The lowest BCUT2D eigenvalue weighted by Gasteiger charge is -2.29. The van der Waals surface area contributed by atoms with Crippen LogP contribution in [-0.4, -0.2) is 63.1 Å². The minimum absolute atomic E-state index is 0.0181. The summed E-state index contributed by atoms with van der Waals surface area (Å²) in [5, 5.41) is 17.2. The van der Waals surface area contributed by atoms with Crippen LogP contribution in [0.2, 0.25) is 0 Å². The Kier molecular flexibility index (Phi) is 7.53. The monoisotopic (exact) mass is 271 g/mol. The summed E-state index contributed by atoms with van der Waals surface area (Å²) >= 11 is 0. The number of nitrogens with zero attached hydrogens (tertiary/aromatic N) is 1. The van der Waals surface area contributed by atoms with Crippen molar-refractivity contribution in [2.24, 2.45) is 0 Å². The topological polar surface area (TPSA) is 128 Å². The molecule has 17 heavy (non-hydrogen) atoms. The molecule has 4 N–H and O–H groups in total. The van der Waals surface area contributed by atoms with Crippen molar-refractivity contribution in [3.05, 3.63) is 0 Å². The Balaban J connectivity index is 4.61. The normalized spacial score (nSPS) is 13.9. The molecule has 0 spiro atoms. The fourth-order valence-electron chi connectivity index (χ4n) is 1.32. The molecule has 0 amide bonds. The highest BCUT2D eigenvalue weighted by molar-refractivity contribution is 7.51. The third-order valence-corrected chi connectivity index (χ3v) is 2.59. The molecule has 0 fully saturated rings. The average Bonchev–Trinajstić information content (AvgIpc) is 2.15. The van der Waals surface area contributed by atoms with Gasteiger partial charge in [-0.25, -0.2) is 0 Å². The number of carboxylic acid groups (broad SMARTS) is 1. The van der Waals surface area contributed by atoms with E-state index in [1.807, 2.05) is 0 Å². The molecule has 0 saturated heterocycles. The lowest BCUT2D eigenvalue weighted by Crippen LogP contribution is -2.41. The second-order valence-electron chi connectivity index (χ2n) is 3.40. The summed E-state index contributed by atoms with van der Waals surface area (Å²) in [7, 11) is -4.36. The van der Waals surface area contributed by atoms with Crippen molar-refractivity contribution >= 4 is 13.6 Å².